The average molecular weight is 268 g/mol. The molecule has 0 heterocycles. The summed E-state index contributed by atoms with van der Waals surface area (Å²) in [5.74, 6) is 0. The highest BCUT2D eigenvalue weighted by molar-refractivity contribution is 4.92. The fraction of sp³-hybridized carbons (Fsp3) is 0.889. The molecule has 0 saturated heterocycles. The van der Waals surface area contributed by atoms with Crippen molar-refractivity contribution in [1.29, 1.82) is 0 Å². The van der Waals surface area contributed by atoms with Crippen molar-refractivity contribution in [1.82, 2.24) is 0 Å². The van der Waals surface area contributed by atoms with Gasteiger partial charge in [-0.15, -0.1) is 0 Å². The first-order chi connectivity index (χ1) is 9.31. The largest absolute Gasteiger partial charge is 0.501 e. The van der Waals surface area contributed by atoms with Gasteiger partial charge >= 0.3 is 0 Å². The Kier molecular flexibility index (Phi) is 15.2. The van der Waals surface area contributed by atoms with E-state index in [0.717, 1.165) is 13.0 Å². The molecule has 0 aromatic heterocycles. The zero-order chi connectivity index (χ0) is 14.2. The van der Waals surface area contributed by atoms with Gasteiger partial charge < -0.3 is 4.74 Å². The molecule has 1 nitrogen and oxygen atoms in total. The van der Waals surface area contributed by atoms with Crippen molar-refractivity contribution in [2.45, 2.75) is 97.8 Å². The first-order valence-electron chi connectivity index (χ1n) is 8.58. The molecule has 0 unspecified atom stereocenters. The third kappa shape index (κ3) is 15.5. The molecular formula is C18H36O. The molecule has 19 heavy (non-hydrogen) atoms. The Bertz CT molecular complexity index is 196. The molecule has 0 aliphatic heterocycles. The van der Waals surface area contributed by atoms with Gasteiger partial charge in [-0.25, -0.2) is 0 Å². The maximum Gasteiger partial charge on any atom is 0.0873 e. The van der Waals surface area contributed by atoms with Gasteiger partial charge in [0.2, 0.25) is 0 Å². The van der Waals surface area contributed by atoms with E-state index in [1.165, 1.54) is 76.2 Å². The van der Waals surface area contributed by atoms with E-state index >= 15 is 0 Å². The molecule has 114 valence electrons. The molecule has 0 aromatic rings. The van der Waals surface area contributed by atoms with E-state index < -0.39 is 0 Å². The lowest BCUT2D eigenvalue weighted by molar-refractivity contribution is 0.237. The quantitative estimate of drug-likeness (QED) is 0.254. The fourth-order valence-electron chi connectivity index (χ4n) is 2.33. The van der Waals surface area contributed by atoms with Gasteiger partial charge in [0.25, 0.3) is 0 Å². The van der Waals surface area contributed by atoms with Crippen LogP contribution in [-0.4, -0.2) is 6.61 Å². The fourth-order valence-corrected chi connectivity index (χ4v) is 2.33. The van der Waals surface area contributed by atoms with Crippen LogP contribution in [-0.2, 0) is 4.74 Å². The number of unbranched alkanes of at least 4 members (excludes halogenated alkanes) is 9. The summed E-state index contributed by atoms with van der Waals surface area (Å²) < 4.78 is 5.56. The van der Waals surface area contributed by atoms with Gasteiger partial charge in [0, 0.05) is 0 Å². The van der Waals surface area contributed by atoms with Crippen LogP contribution >= 0.6 is 0 Å². The van der Waals surface area contributed by atoms with Crippen LogP contribution in [0.25, 0.3) is 0 Å². The van der Waals surface area contributed by atoms with E-state index in [1.807, 2.05) is 6.26 Å². The van der Waals surface area contributed by atoms with Crippen molar-refractivity contribution in [3.63, 3.8) is 0 Å². The lowest BCUT2D eigenvalue weighted by Crippen LogP contribution is -1.89. The van der Waals surface area contributed by atoms with Crippen LogP contribution in [0.1, 0.15) is 97.8 Å². The van der Waals surface area contributed by atoms with Gasteiger partial charge in [-0.05, 0) is 25.3 Å². The predicted octanol–water partition coefficient (Wildman–Crippen LogP) is 6.63. The molecule has 0 fully saturated rings. The van der Waals surface area contributed by atoms with E-state index in [-0.39, 0.29) is 0 Å². The lowest BCUT2D eigenvalue weighted by atomic mass is 10.1. The van der Waals surface area contributed by atoms with Crippen molar-refractivity contribution < 1.29 is 4.74 Å². The number of hydrogen-bond donors (Lipinski definition) is 0. The van der Waals surface area contributed by atoms with Crippen molar-refractivity contribution >= 4 is 0 Å². The first-order valence-corrected chi connectivity index (χ1v) is 8.58. The minimum Gasteiger partial charge on any atom is -0.501 e. The zero-order valence-electron chi connectivity index (χ0n) is 13.7. The van der Waals surface area contributed by atoms with Crippen LogP contribution in [0.3, 0.4) is 0 Å². The third-order valence-electron chi connectivity index (χ3n) is 3.54. The number of rotatable bonds is 14. The van der Waals surface area contributed by atoms with Crippen molar-refractivity contribution in [3.8, 4) is 0 Å². The van der Waals surface area contributed by atoms with Crippen molar-refractivity contribution in [2.24, 2.45) is 0 Å². The first kappa shape index (κ1) is 18.5. The molecule has 0 rings (SSSR count). The molecular weight excluding hydrogens is 232 g/mol. The Morgan fingerprint density at radius 1 is 0.737 bits per heavy atom. The van der Waals surface area contributed by atoms with Gasteiger partial charge in [-0.1, -0.05) is 78.1 Å². The Hall–Kier alpha value is -0.460. The summed E-state index contributed by atoms with van der Waals surface area (Å²) in [7, 11) is 0. The molecule has 0 atom stereocenters. The second-order valence-electron chi connectivity index (χ2n) is 5.77. The molecule has 1 heteroatoms. The molecule has 0 aliphatic rings. The number of hydrogen-bond acceptors (Lipinski definition) is 1. The second-order valence-corrected chi connectivity index (χ2v) is 5.77. The Balaban J connectivity index is 3.08. The SMILES string of the molecule is CCCCCCCCCCCCO/C=C(\C)CCC. The summed E-state index contributed by atoms with van der Waals surface area (Å²) in [6.07, 6.45) is 18.2. The molecule has 0 bridgehead atoms. The summed E-state index contributed by atoms with van der Waals surface area (Å²) in [6, 6.07) is 0. The monoisotopic (exact) mass is 268 g/mol. The Labute approximate surface area is 121 Å². The van der Waals surface area contributed by atoms with Crippen LogP contribution in [0, 0.1) is 0 Å². The van der Waals surface area contributed by atoms with Gasteiger partial charge in [0.1, 0.15) is 0 Å². The van der Waals surface area contributed by atoms with Gasteiger partial charge in [0.05, 0.1) is 12.9 Å². The van der Waals surface area contributed by atoms with Gasteiger partial charge in [-0.2, -0.15) is 0 Å². The van der Waals surface area contributed by atoms with E-state index in [4.69, 9.17) is 4.74 Å². The summed E-state index contributed by atoms with van der Waals surface area (Å²) in [6.45, 7) is 7.54. The van der Waals surface area contributed by atoms with E-state index in [9.17, 15) is 0 Å². The summed E-state index contributed by atoms with van der Waals surface area (Å²) in [5.41, 5.74) is 1.37. The molecule has 0 radical (unpaired) electrons. The van der Waals surface area contributed by atoms with Gasteiger partial charge in [0.15, 0.2) is 0 Å². The minimum absolute atomic E-state index is 0.900. The summed E-state index contributed by atoms with van der Waals surface area (Å²) in [4.78, 5) is 0. The van der Waals surface area contributed by atoms with E-state index in [2.05, 4.69) is 20.8 Å². The summed E-state index contributed by atoms with van der Waals surface area (Å²) in [5, 5.41) is 0. The number of allylic oxidation sites excluding steroid dienone is 1. The predicted molar refractivity (Wildman–Crippen MR) is 86.5 cm³/mol. The van der Waals surface area contributed by atoms with Crippen LogP contribution < -0.4 is 0 Å². The van der Waals surface area contributed by atoms with Crippen LogP contribution in [0.15, 0.2) is 11.8 Å². The standard InChI is InChI=1S/C18H36O/c1-4-6-7-8-9-10-11-12-13-14-16-19-17-18(3)15-5-2/h17H,4-16H2,1-3H3/b18-17+. The molecule has 0 N–H and O–H groups in total. The Morgan fingerprint density at radius 3 is 1.79 bits per heavy atom. The minimum atomic E-state index is 0.900. The highest BCUT2D eigenvalue weighted by atomic mass is 16.5. The number of ether oxygens (including phenoxy) is 1. The van der Waals surface area contributed by atoms with Crippen LogP contribution in [0.4, 0.5) is 0 Å². The van der Waals surface area contributed by atoms with E-state index in [1.54, 1.807) is 0 Å². The highest BCUT2D eigenvalue weighted by Crippen LogP contribution is 2.10. The highest BCUT2D eigenvalue weighted by Gasteiger charge is 1.93. The topological polar surface area (TPSA) is 9.23 Å². The van der Waals surface area contributed by atoms with Gasteiger partial charge in [-0.3, -0.25) is 0 Å². The summed E-state index contributed by atoms with van der Waals surface area (Å²) >= 11 is 0. The average Bonchev–Trinajstić information content (AvgIpc) is 2.40. The molecule has 0 aromatic carbocycles. The Morgan fingerprint density at radius 2 is 1.26 bits per heavy atom. The van der Waals surface area contributed by atoms with Crippen LogP contribution in [0.2, 0.25) is 0 Å². The van der Waals surface area contributed by atoms with Crippen molar-refractivity contribution in [2.75, 3.05) is 6.61 Å². The lowest BCUT2D eigenvalue weighted by Gasteiger charge is -2.04. The van der Waals surface area contributed by atoms with Crippen LogP contribution in [0.5, 0.6) is 0 Å². The maximum absolute atomic E-state index is 5.56. The van der Waals surface area contributed by atoms with E-state index in [0.29, 0.717) is 0 Å². The maximum atomic E-state index is 5.56. The molecule has 0 aliphatic carbocycles. The second kappa shape index (κ2) is 15.6. The zero-order valence-corrected chi connectivity index (χ0v) is 13.7. The molecule has 0 amide bonds. The smallest absolute Gasteiger partial charge is 0.0873 e. The molecule has 0 spiro atoms. The molecule has 0 saturated carbocycles. The van der Waals surface area contributed by atoms with Crippen molar-refractivity contribution in [3.05, 3.63) is 11.8 Å². The normalized spacial score (nSPS) is 11.8. The third-order valence-corrected chi connectivity index (χ3v) is 3.54.